The van der Waals surface area contributed by atoms with Crippen LogP contribution in [0.4, 0.5) is 4.39 Å². The van der Waals surface area contributed by atoms with Crippen molar-refractivity contribution in [3.8, 4) is 0 Å². The van der Waals surface area contributed by atoms with Gasteiger partial charge in [-0.1, -0.05) is 47.5 Å². The number of carbonyl (C=O) groups is 1. The second-order valence-corrected chi connectivity index (χ2v) is 9.20. The van der Waals surface area contributed by atoms with Gasteiger partial charge in [0.05, 0.1) is 6.54 Å². The molecule has 0 saturated carbocycles. The van der Waals surface area contributed by atoms with Crippen molar-refractivity contribution >= 4 is 39.9 Å². The molecule has 1 saturated heterocycles. The molecule has 168 valence electrons. The molecule has 0 radical (unpaired) electrons. The predicted octanol–water partition coefficient (Wildman–Crippen LogP) is 6.55. The number of nitrogens with zero attached hydrogens (tertiary/aromatic N) is 3. The Bertz CT molecular complexity index is 1330. The first-order valence-corrected chi connectivity index (χ1v) is 11.7. The Morgan fingerprint density at radius 3 is 2.58 bits per heavy atom. The summed E-state index contributed by atoms with van der Waals surface area (Å²) in [6.45, 7) is 1.84. The van der Waals surface area contributed by atoms with Crippen LogP contribution in [0.3, 0.4) is 0 Å². The molecule has 0 bridgehead atoms. The lowest BCUT2D eigenvalue weighted by molar-refractivity contribution is 0.0712. The summed E-state index contributed by atoms with van der Waals surface area (Å²) >= 11 is 12.5. The highest BCUT2D eigenvalue weighted by Gasteiger charge is 2.28. The molecule has 0 atom stereocenters. The smallest absolute Gasteiger partial charge is 0.254 e. The first-order chi connectivity index (χ1) is 16.0. The standard InChI is InChI=1S/C26H22Cl2FN3O/c27-19-5-7-23(28)18(15-19)16-32-14-11-30-25(32)17-9-12-31(13-10-17)26(33)22-6-8-24(29)21-4-2-1-3-20(21)22/h1-8,11,14-15,17H,9-10,12-13,16H2. The topological polar surface area (TPSA) is 38.1 Å². The minimum atomic E-state index is -0.312. The molecule has 1 aliphatic rings. The SMILES string of the molecule is O=C(c1ccc(F)c2ccccc12)N1CCC(c2nccn2Cc2cc(Cl)ccc2Cl)CC1. The van der Waals surface area contributed by atoms with E-state index in [9.17, 15) is 9.18 Å². The van der Waals surface area contributed by atoms with Crippen LogP contribution in [-0.2, 0) is 6.54 Å². The average Bonchev–Trinajstić information content (AvgIpc) is 3.30. The predicted molar refractivity (Wildman–Crippen MR) is 130 cm³/mol. The molecule has 33 heavy (non-hydrogen) atoms. The van der Waals surface area contributed by atoms with Gasteiger partial charge in [-0.15, -0.1) is 0 Å². The molecule has 0 unspecified atom stereocenters. The molecule has 4 nitrogen and oxygen atoms in total. The zero-order valence-electron chi connectivity index (χ0n) is 17.8. The first-order valence-electron chi connectivity index (χ1n) is 10.9. The van der Waals surface area contributed by atoms with Crippen LogP contribution in [0.15, 0.2) is 67.0 Å². The van der Waals surface area contributed by atoms with Crippen molar-refractivity contribution in [2.45, 2.75) is 25.3 Å². The first kappa shape index (κ1) is 21.9. The van der Waals surface area contributed by atoms with Gasteiger partial charge in [0, 0.05) is 52.4 Å². The van der Waals surface area contributed by atoms with Crippen LogP contribution in [0.25, 0.3) is 10.8 Å². The van der Waals surface area contributed by atoms with Gasteiger partial charge in [0.15, 0.2) is 0 Å². The van der Waals surface area contributed by atoms with Crippen molar-refractivity contribution in [1.29, 1.82) is 0 Å². The van der Waals surface area contributed by atoms with Crippen LogP contribution in [0.5, 0.6) is 0 Å². The summed E-state index contributed by atoms with van der Waals surface area (Å²) in [6, 6.07) is 15.5. The number of imidazole rings is 1. The van der Waals surface area contributed by atoms with Crippen LogP contribution >= 0.6 is 23.2 Å². The van der Waals surface area contributed by atoms with Gasteiger partial charge in [-0.3, -0.25) is 4.79 Å². The third-order valence-corrected chi connectivity index (χ3v) is 6.95. The van der Waals surface area contributed by atoms with Crippen molar-refractivity contribution in [1.82, 2.24) is 14.5 Å². The fourth-order valence-corrected chi connectivity index (χ4v) is 4.99. The number of carbonyl (C=O) groups excluding carboxylic acids is 1. The number of amides is 1. The summed E-state index contributed by atoms with van der Waals surface area (Å²) in [5, 5.41) is 2.45. The lowest BCUT2D eigenvalue weighted by Gasteiger charge is -2.32. The van der Waals surface area contributed by atoms with Gasteiger partial charge >= 0.3 is 0 Å². The van der Waals surface area contributed by atoms with Crippen LogP contribution in [0, 0.1) is 5.82 Å². The van der Waals surface area contributed by atoms with Crippen LogP contribution < -0.4 is 0 Å². The van der Waals surface area contributed by atoms with Gasteiger partial charge in [0.1, 0.15) is 11.6 Å². The Labute approximate surface area is 201 Å². The fourth-order valence-electron chi connectivity index (χ4n) is 4.62. The monoisotopic (exact) mass is 481 g/mol. The molecule has 5 rings (SSSR count). The zero-order valence-corrected chi connectivity index (χ0v) is 19.4. The molecule has 1 amide bonds. The molecule has 3 aromatic carbocycles. The maximum absolute atomic E-state index is 14.2. The van der Waals surface area contributed by atoms with Crippen molar-refractivity contribution in [3.05, 3.63) is 99.8 Å². The number of hydrogen-bond donors (Lipinski definition) is 0. The molecule has 4 aromatic rings. The number of piperidine rings is 1. The van der Waals surface area contributed by atoms with Gasteiger partial charge < -0.3 is 9.47 Å². The molecule has 0 aliphatic carbocycles. The third-order valence-electron chi connectivity index (χ3n) is 6.34. The molecule has 1 aromatic heterocycles. The number of halogens is 3. The molecule has 1 fully saturated rings. The summed E-state index contributed by atoms with van der Waals surface area (Å²) in [5.41, 5.74) is 1.49. The van der Waals surface area contributed by atoms with E-state index >= 15 is 0 Å². The van der Waals surface area contributed by atoms with Crippen LogP contribution in [0.2, 0.25) is 10.0 Å². The van der Waals surface area contributed by atoms with E-state index in [1.165, 1.54) is 6.07 Å². The van der Waals surface area contributed by atoms with Crippen molar-refractivity contribution < 1.29 is 9.18 Å². The van der Waals surface area contributed by atoms with E-state index in [1.54, 1.807) is 42.6 Å². The molecule has 1 aliphatic heterocycles. The van der Waals surface area contributed by atoms with Crippen LogP contribution in [-0.4, -0.2) is 33.4 Å². The number of aromatic nitrogens is 2. The number of likely N-dealkylation sites (tertiary alicyclic amines) is 1. The molecule has 0 N–H and O–H groups in total. The van der Waals surface area contributed by atoms with E-state index in [1.807, 2.05) is 23.2 Å². The van der Waals surface area contributed by atoms with E-state index in [2.05, 4.69) is 9.55 Å². The number of hydrogen-bond acceptors (Lipinski definition) is 2. The summed E-state index contributed by atoms with van der Waals surface area (Å²) < 4.78 is 16.3. The Hall–Kier alpha value is -2.89. The highest BCUT2D eigenvalue weighted by atomic mass is 35.5. The van der Waals surface area contributed by atoms with Crippen molar-refractivity contribution in [2.75, 3.05) is 13.1 Å². The summed E-state index contributed by atoms with van der Waals surface area (Å²) in [4.78, 5) is 19.7. The number of rotatable bonds is 4. The minimum absolute atomic E-state index is 0.0568. The minimum Gasteiger partial charge on any atom is -0.339 e. The Balaban J connectivity index is 1.31. The summed E-state index contributed by atoms with van der Waals surface area (Å²) in [6.07, 6.45) is 5.38. The molecular formula is C26H22Cl2FN3O. The molecule has 0 spiro atoms. The van der Waals surface area contributed by atoms with E-state index in [0.717, 1.165) is 24.2 Å². The van der Waals surface area contributed by atoms with Gasteiger partial charge in [-0.05, 0) is 54.1 Å². The third kappa shape index (κ3) is 4.35. The maximum atomic E-state index is 14.2. The number of benzene rings is 3. The molecular weight excluding hydrogens is 460 g/mol. The Morgan fingerprint density at radius 2 is 1.79 bits per heavy atom. The van der Waals surface area contributed by atoms with Gasteiger partial charge in [-0.2, -0.15) is 0 Å². The summed E-state index contributed by atoms with van der Waals surface area (Å²) in [5.74, 6) is 0.864. The van der Waals surface area contributed by atoms with E-state index in [-0.39, 0.29) is 17.6 Å². The normalized spacial score (nSPS) is 14.7. The lowest BCUT2D eigenvalue weighted by Crippen LogP contribution is -2.38. The zero-order chi connectivity index (χ0) is 22.9. The van der Waals surface area contributed by atoms with Crippen LogP contribution in [0.1, 0.15) is 40.5 Å². The maximum Gasteiger partial charge on any atom is 0.254 e. The largest absolute Gasteiger partial charge is 0.339 e. The Kier molecular flexibility index (Phi) is 6.09. The molecule has 2 heterocycles. The second kappa shape index (κ2) is 9.16. The highest BCUT2D eigenvalue weighted by molar-refractivity contribution is 6.33. The fraction of sp³-hybridized carbons (Fsp3) is 0.231. The van der Waals surface area contributed by atoms with Gasteiger partial charge in [0.25, 0.3) is 5.91 Å². The lowest BCUT2D eigenvalue weighted by atomic mass is 9.94. The van der Waals surface area contributed by atoms with E-state index in [0.29, 0.717) is 46.0 Å². The number of fused-ring (bicyclic) bond motifs is 1. The molecule has 7 heteroatoms. The van der Waals surface area contributed by atoms with Crippen molar-refractivity contribution in [3.63, 3.8) is 0 Å². The van der Waals surface area contributed by atoms with Gasteiger partial charge in [0.2, 0.25) is 0 Å². The summed E-state index contributed by atoms with van der Waals surface area (Å²) in [7, 11) is 0. The quantitative estimate of drug-likeness (QED) is 0.331. The highest BCUT2D eigenvalue weighted by Crippen LogP contribution is 2.30. The van der Waals surface area contributed by atoms with Gasteiger partial charge in [-0.25, -0.2) is 9.37 Å². The Morgan fingerprint density at radius 1 is 1.03 bits per heavy atom. The average molecular weight is 482 g/mol. The van der Waals surface area contributed by atoms with E-state index < -0.39 is 0 Å². The van der Waals surface area contributed by atoms with Crippen molar-refractivity contribution in [2.24, 2.45) is 0 Å². The second-order valence-electron chi connectivity index (χ2n) is 8.36. The van der Waals surface area contributed by atoms with E-state index in [4.69, 9.17) is 23.2 Å².